The van der Waals surface area contributed by atoms with Gasteiger partial charge in [-0.25, -0.2) is 0 Å². The van der Waals surface area contributed by atoms with E-state index in [4.69, 9.17) is 5.73 Å². The van der Waals surface area contributed by atoms with Gasteiger partial charge in [-0.15, -0.1) is 0 Å². The molecule has 2 atom stereocenters. The minimum atomic E-state index is 0.804. The summed E-state index contributed by atoms with van der Waals surface area (Å²) in [5.74, 6) is 0.881. The summed E-state index contributed by atoms with van der Waals surface area (Å²) in [4.78, 5) is 2.53. The van der Waals surface area contributed by atoms with Crippen LogP contribution in [0.4, 0.5) is 0 Å². The Balaban J connectivity index is 2.40. The first-order valence-corrected chi connectivity index (χ1v) is 4.73. The summed E-state index contributed by atoms with van der Waals surface area (Å²) < 4.78 is 0. The molecule has 2 nitrogen and oxygen atoms in total. The number of rotatable bonds is 3. The second-order valence-corrected chi connectivity index (χ2v) is 3.57. The van der Waals surface area contributed by atoms with Crippen LogP contribution < -0.4 is 5.73 Å². The first-order chi connectivity index (χ1) is 5.29. The van der Waals surface area contributed by atoms with Gasteiger partial charge in [-0.05, 0) is 25.3 Å². The summed E-state index contributed by atoms with van der Waals surface area (Å²) in [6.45, 7) is 7.78. The average molecular weight is 156 g/mol. The Hall–Kier alpha value is -0.0800. The normalized spacial score (nSPS) is 33.0. The Morgan fingerprint density at radius 3 is 2.82 bits per heavy atom. The Morgan fingerprint density at radius 1 is 1.55 bits per heavy atom. The third kappa shape index (κ3) is 1.94. The first-order valence-electron chi connectivity index (χ1n) is 4.73. The van der Waals surface area contributed by atoms with Crippen LogP contribution in [0.3, 0.4) is 0 Å². The predicted octanol–water partition coefficient (Wildman–Crippen LogP) is 1.07. The third-order valence-corrected chi connectivity index (χ3v) is 2.83. The van der Waals surface area contributed by atoms with Crippen molar-refractivity contribution < 1.29 is 0 Å². The monoisotopic (exact) mass is 156 g/mol. The Bertz CT molecular complexity index is 112. The van der Waals surface area contributed by atoms with E-state index in [0.29, 0.717) is 0 Å². The van der Waals surface area contributed by atoms with Crippen molar-refractivity contribution in [1.82, 2.24) is 4.90 Å². The quantitative estimate of drug-likeness (QED) is 0.662. The SMILES string of the molecule is CCC1C(C)CCN1CCN. The highest BCUT2D eigenvalue weighted by atomic mass is 15.2. The van der Waals surface area contributed by atoms with Gasteiger partial charge in [0.25, 0.3) is 0 Å². The summed E-state index contributed by atoms with van der Waals surface area (Å²) in [7, 11) is 0. The molecule has 66 valence electrons. The molecule has 1 fully saturated rings. The maximum Gasteiger partial charge on any atom is 0.0119 e. The standard InChI is InChI=1S/C9H20N2/c1-3-9-8(2)4-6-11(9)7-5-10/h8-9H,3-7,10H2,1-2H3. The molecule has 1 aliphatic rings. The van der Waals surface area contributed by atoms with Crippen molar-refractivity contribution >= 4 is 0 Å². The number of nitrogens with two attached hydrogens (primary N) is 1. The zero-order valence-electron chi connectivity index (χ0n) is 7.71. The summed E-state index contributed by atoms with van der Waals surface area (Å²) in [6, 6.07) is 0.804. The minimum absolute atomic E-state index is 0.804. The maximum absolute atomic E-state index is 5.53. The van der Waals surface area contributed by atoms with E-state index in [1.54, 1.807) is 0 Å². The molecule has 0 bridgehead atoms. The molecule has 2 N–H and O–H groups in total. The van der Waals surface area contributed by atoms with Crippen LogP contribution in [0.2, 0.25) is 0 Å². The lowest BCUT2D eigenvalue weighted by atomic mass is 10.0. The lowest BCUT2D eigenvalue weighted by Gasteiger charge is -2.24. The van der Waals surface area contributed by atoms with Crippen molar-refractivity contribution in [2.75, 3.05) is 19.6 Å². The number of hydrogen-bond acceptors (Lipinski definition) is 2. The fraction of sp³-hybridized carbons (Fsp3) is 1.00. The molecule has 0 spiro atoms. The minimum Gasteiger partial charge on any atom is -0.329 e. The topological polar surface area (TPSA) is 29.3 Å². The second-order valence-electron chi connectivity index (χ2n) is 3.57. The van der Waals surface area contributed by atoms with Crippen LogP contribution in [-0.2, 0) is 0 Å². The highest BCUT2D eigenvalue weighted by Gasteiger charge is 2.28. The number of hydrogen-bond donors (Lipinski definition) is 1. The van der Waals surface area contributed by atoms with Gasteiger partial charge in [0, 0.05) is 19.1 Å². The van der Waals surface area contributed by atoms with Gasteiger partial charge < -0.3 is 5.73 Å². The van der Waals surface area contributed by atoms with Gasteiger partial charge in [-0.3, -0.25) is 4.90 Å². The molecule has 1 saturated heterocycles. The zero-order chi connectivity index (χ0) is 8.27. The van der Waals surface area contributed by atoms with E-state index in [-0.39, 0.29) is 0 Å². The van der Waals surface area contributed by atoms with Crippen LogP contribution in [0.25, 0.3) is 0 Å². The molecule has 1 heterocycles. The molecule has 2 unspecified atom stereocenters. The summed E-state index contributed by atoms with van der Waals surface area (Å²) in [5.41, 5.74) is 5.53. The van der Waals surface area contributed by atoms with Gasteiger partial charge in [0.15, 0.2) is 0 Å². The molecule has 0 aromatic rings. The summed E-state index contributed by atoms with van der Waals surface area (Å²) in [6.07, 6.45) is 2.64. The largest absolute Gasteiger partial charge is 0.329 e. The predicted molar refractivity (Wildman–Crippen MR) is 48.5 cm³/mol. The van der Waals surface area contributed by atoms with Gasteiger partial charge in [-0.1, -0.05) is 13.8 Å². The molecule has 0 aromatic carbocycles. The van der Waals surface area contributed by atoms with E-state index in [2.05, 4.69) is 18.7 Å². The smallest absolute Gasteiger partial charge is 0.0119 e. The molecule has 11 heavy (non-hydrogen) atoms. The first kappa shape index (κ1) is 9.01. The van der Waals surface area contributed by atoms with E-state index in [0.717, 1.165) is 25.0 Å². The molecule has 0 saturated carbocycles. The van der Waals surface area contributed by atoms with E-state index in [9.17, 15) is 0 Å². The molecule has 0 radical (unpaired) electrons. The van der Waals surface area contributed by atoms with Crippen LogP contribution in [0.15, 0.2) is 0 Å². The lowest BCUT2D eigenvalue weighted by Crippen LogP contribution is -2.35. The van der Waals surface area contributed by atoms with E-state index in [1.807, 2.05) is 0 Å². The van der Waals surface area contributed by atoms with Crippen molar-refractivity contribution in [3.63, 3.8) is 0 Å². The molecule has 0 aliphatic carbocycles. The number of nitrogens with zero attached hydrogens (tertiary/aromatic N) is 1. The molecule has 2 heteroatoms. The fourth-order valence-corrected chi connectivity index (χ4v) is 2.19. The lowest BCUT2D eigenvalue weighted by molar-refractivity contribution is 0.231. The summed E-state index contributed by atoms with van der Waals surface area (Å²) >= 11 is 0. The molecule has 0 amide bonds. The Morgan fingerprint density at radius 2 is 2.27 bits per heavy atom. The molecule has 0 aromatic heterocycles. The van der Waals surface area contributed by atoms with Crippen LogP contribution >= 0.6 is 0 Å². The molecule has 1 aliphatic heterocycles. The van der Waals surface area contributed by atoms with E-state index >= 15 is 0 Å². The summed E-state index contributed by atoms with van der Waals surface area (Å²) in [5, 5.41) is 0. The zero-order valence-corrected chi connectivity index (χ0v) is 7.71. The van der Waals surface area contributed by atoms with Crippen LogP contribution in [0.5, 0.6) is 0 Å². The van der Waals surface area contributed by atoms with E-state index < -0.39 is 0 Å². The van der Waals surface area contributed by atoms with Gasteiger partial charge in [0.1, 0.15) is 0 Å². The van der Waals surface area contributed by atoms with Crippen LogP contribution in [0.1, 0.15) is 26.7 Å². The van der Waals surface area contributed by atoms with E-state index in [1.165, 1.54) is 19.4 Å². The van der Waals surface area contributed by atoms with Crippen molar-refractivity contribution in [2.45, 2.75) is 32.7 Å². The van der Waals surface area contributed by atoms with Crippen molar-refractivity contribution in [1.29, 1.82) is 0 Å². The van der Waals surface area contributed by atoms with Crippen molar-refractivity contribution in [3.05, 3.63) is 0 Å². The maximum atomic E-state index is 5.53. The van der Waals surface area contributed by atoms with Gasteiger partial charge in [0.2, 0.25) is 0 Å². The number of likely N-dealkylation sites (tertiary alicyclic amines) is 1. The third-order valence-electron chi connectivity index (χ3n) is 2.83. The highest BCUT2D eigenvalue weighted by Crippen LogP contribution is 2.25. The van der Waals surface area contributed by atoms with Gasteiger partial charge in [0.05, 0.1) is 0 Å². The Kier molecular flexibility index (Phi) is 3.34. The molecule has 1 rings (SSSR count). The van der Waals surface area contributed by atoms with Crippen molar-refractivity contribution in [2.24, 2.45) is 11.7 Å². The Labute approximate surface area is 69.8 Å². The van der Waals surface area contributed by atoms with Crippen LogP contribution in [0, 0.1) is 5.92 Å². The van der Waals surface area contributed by atoms with Gasteiger partial charge >= 0.3 is 0 Å². The van der Waals surface area contributed by atoms with Gasteiger partial charge in [-0.2, -0.15) is 0 Å². The fourth-order valence-electron chi connectivity index (χ4n) is 2.19. The average Bonchev–Trinajstić information content (AvgIpc) is 2.33. The highest BCUT2D eigenvalue weighted by molar-refractivity contribution is 4.83. The van der Waals surface area contributed by atoms with Crippen molar-refractivity contribution in [3.8, 4) is 0 Å². The molecular weight excluding hydrogens is 136 g/mol. The second kappa shape index (κ2) is 4.07. The molecular formula is C9H20N2. The van der Waals surface area contributed by atoms with Crippen LogP contribution in [-0.4, -0.2) is 30.6 Å².